The molecule has 0 aromatic heterocycles. The molecule has 0 atom stereocenters. The second-order valence-electron chi connectivity index (χ2n) is 3.23. The van der Waals surface area contributed by atoms with Gasteiger partial charge in [0.1, 0.15) is 0 Å². The minimum atomic E-state index is -3.56. The van der Waals surface area contributed by atoms with Crippen molar-refractivity contribution in [2.75, 3.05) is 5.75 Å². The number of benzene rings is 1. The minimum absolute atomic E-state index is 0.0544. The Morgan fingerprint density at radius 3 is 2.44 bits per heavy atom. The van der Waals surface area contributed by atoms with E-state index < -0.39 is 26.3 Å². The Morgan fingerprint density at radius 2 is 2.00 bits per heavy atom. The maximum absolute atomic E-state index is 13.3. The number of hydrogen-bond acceptors (Lipinski definition) is 4. The molecule has 0 fully saturated rings. The van der Waals surface area contributed by atoms with E-state index in [0.717, 1.165) is 12.1 Å². The average molecular weight is 247 g/mol. The van der Waals surface area contributed by atoms with Crippen molar-refractivity contribution in [1.82, 2.24) is 0 Å². The highest BCUT2D eigenvalue weighted by molar-refractivity contribution is 7.91. The normalized spacial score (nSPS) is 11.4. The third kappa shape index (κ3) is 2.19. The SMILES string of the molecule is CCS(=O)(=O)c1cc(C)c(F)c([N+](=O)[O-])c1. The molecule has 7 heteroatoms. The number of nitrogens with zero attached hydrogens (tertiary/aromatic N) is 1. The summed E-state index contributed by atoms with van der Waals surface area (Å²) in [5, 5.41) is 10.5. The lowest BCUT2D eigenvalue weighted by molar-refractivity contribution is -0.387. The molecule has 0 saturated heterocycles. The van der Waals surface area contributed by atoms with E-state index in [0.29, 0.717) is 0 Å². The van der Waals surface area contributed by atoms with Crippen molar-refractivity contribution in [2.24, 2.45) is 0 Å². The second kappa shape index (κ2) is 4.17. The van der Waals surface area contributed by atoms with Gasteiger partial charge in [-0.1, -0.05) is 6.92 Å². The van der Waals surface area contributed by atoms with E-state index in [1.54, 1.807) is 0 Å². The number of nitro groups is 1. The summed E-state index contributed by atoms with van der Waals surface area (Å²) in [5.74, 6) is -1.19. The predicted octanol–water partition coefficient (Wildman–Crippen LogP) is 1.84. The van der Waals surface area contributed by atoms with E-state index in [-0.39, 0.29) is 16.2 Å². The molecule has 0 unspecified atom stereocenters. The lowest BCUT2D eigenvalue weighted by Gasteiger charge is -2.04. The maximum atomic E-state index is 13.3. The number of halogens is 1. The Kier molecular flexibility index (Phi) is 3.27. The Hall–Kier alpha value is -1.50. The highest BCUT2D eigenvalue weighted by Gasteiger charge is 2.22. The fourth-order valence-corrected chi connectivity index (χ4v) is 2.18. The molecule has 0 saturated carbocycles. The van der Waals surface area contributed by atoms with E-state index >= 15 is 0 Å². The summed E-state index contributed by atoms with van der Waals surface area (Å²) in [6, 6.07) is 1.85. The fraction of sp³-hybridized carbons (Fsp3) is 0.333. The molecule has 0 aliphatic carbocycles. The quantitative estimate of drug-likeness (QED) is 0.464. The number of aryl methyl sites for hydroxylation is 1. The highest BCUT2D eigenvalue weighted by atomic mass is 32.2. The first kappa shape index (κ1) is 12.6. The van der Waals surface area contributed by atoms with Gasteiger partial charge in [0.15, 0.2) is 9.84 Å². The van der Waals surface area contributed by atoms with Gasteiger partial charge in [0, 0.05) is 6.07 Å². The average Bonchev–Trinajstić information content (AvgIpc) is 2.21. The Balaban J connectivity index is 3.53. The van der Waals surface area contributed by atoms with Gasteiger partial charge in [-0.2, -0.15) is 4.39 Å². The molecule has 0 N–H and O–H groups in total. The summed E-state index contributed by atoms with van der Waals surface area (Å²) < 4.78 is 36.3. The first-order chi connectivity index (χ1) is 7.29. The number of hydrogen-bond donors (Lipinski definition) is 0. The zero-order valence-corrected chi connectivity index (χ0v) is 9.54. The summed E-state index contributed by atoms with van der Waals surface area (Å²) in [5.41, 5.74) is -0.867. The van der Waals surface area contributed by atoms with Gasteiger partial charge in [-0.05, 0) is 18.6 Å². The lowest BCUT2D eigenvalue weighted by Crippen LogP contribution is -2.06. The van der Waals surface area contributed by atoms with E-state index in [1.165, 1.54) is 13.8 Å². The molecule has 1 aromatic carbocycles. The smallest absolute Gasteiger partial charge is 0.258 e. The Morgan fingerprint density at radius 1 is 1.44 bits per heavy atom. The van der Waals surface area contributed by atoms with Crippen molar-refractivity contribution in [3.63, 3.8) is 0 Å². The van der Waals surface area contributed by atoms with Crippen molar-refractivity contribution in [1.29, 1.82) is 0 Å². The lowest BCUT2D eigenvalue weighted by atomic mass is 10.2. The molecule has 16 heavy (non-hydrogen) atoms. The number of nitro benzene ring substituents is 1. The van der Waals surface area contributed by atoms with Crippen LogP contribution in [-0.2, 0) is 9.84 Å². The van der Waals surface area contributed by atoms with Crippen molar-refractivity contribution in [3.05, 3.63) is 33.6 Å². The zero-order chi connectivity index (χ0) is 12.5. The molecule has 0 radical (unpaired) electrons. The van der Waals surface area contributed by atoms with E-state index in [1.807, 2.05) is 0 Å². The van der Waals surface area contributed by atoms with Gasteiger partial charge in [-0.15, -0.1) is 0 Å². The molecule has 0 aliphatic rings. The highest BCUT2D eigenvalue weighted by Crippen LogP contribution is 2.25. The molecule has 1 aromatic rings. The van der Waals surface area contributed by atoms with Crippen molar-refractivity contribution in [2.45, 2.75) is 18.7 Å². The third-order valence-electron chi connectivity index (χ3n) is 2.14. The summed E-state index contributed by atoms with van der Waals surface area (Å²) in [6.07, 6.45) is 0. The van der Waals surface area contributed by atoms with Crippen LogP contribution in [0.4, 0.5) is 10.1 Å². The van der Waals surface area contributed by atoms with Crippen LogP contribution in [0.25, 0.3) is 0 Å². The molecule has 0 amide bonds. The van der Waals surface area contributed by atoms with Crippen LogP contribution in [0.2, 0.25) is 0 Å². The summed E-state index contributed by atoms with van der Waals surface area (Å²) in [7, 11) is -3.56. The van der Waals surface area contributed by atoms with Crippen LogP contribution in [0, 0.1) is 22.9 Å². The zero-order valence-electron chi connectivity index (χ0n) is 8.73. The predicted molar refractivity (Wildman–Crippen MR) is 55.5 cm³/mol. The molecule has 0 heterocycles. The molecule has 0 aliphatic heterocycles. The molecule has 0 spiro atoms. The van der Waals surface area contributed by atoms with Crippen LogP contribution < -0.4 is 0 Å². The molecule has 1 rings (SSSR count). The Labute approximate surface area is 92.0 Å². The van der Waals surface area contributed by atoms with E-state index in [9.17, 15) is 22.9 Å². The van der Waals surface area contributed by atoms with Crippen LogP contribution in [0.1, 0.15) is 12.5 Å². The molecule has 5 nitrogen and oxygen atoms in total. The molecular formula is C9H10FNO4S. The largest absolute Gasteiger partial charge is 0.306 e. The first-order valence-corrected chi connectivity index (χ1v) is 6.12. The fourth-order valence-electron chi connectivity index (χ4n) is 1.20. The molecular weight excluding hydrogens is 237 g/mol. The van der Waals surface area contributed by atoms with Gasteiger partial charge in [0.2, 0.25) is 5.82 Å². The first-order valence-electron chi connectivity index (χ1n) is 4.47. The van der Waals surface area contributed by atoms with Gasteiger partial charge in [0.05, 0.1) is 15.6 Å². The number of sulfone groups is 1. The van der Waals surface area contributed by atoms with Crippen LogP contribution in [0.3, 0.4) is 0 Å². The topological polar surface area (TPSA) is 77.3 Å². The van der Waals surface area contributed by atoms with Crippen LogP contribution in [0.5, 0.6) is 0 Å². The summed E-state index contributed by atoms with van der Waals surface area (Å²) in [4.78, 5) is 9.36. The monoisotopic (exact) mass is 247 g/mol. The minimum Gasteiger partial charge on any atom is -0.258 e. The second-order valence-corrected chi connectivity index (χ2v) is 5.51. The van der Waals surface area contributed by atoms with Gasteiger partial charge < -0.3 is 0 Å². The number of rotatable bonds is 3. The summed E-state index contributed by atoms with van der Waals surface area (Å²) in [6.45, 7) is 2.71. The van der Waals surface area contributed by atoms with Crippen LogP contribution >= 0.6 is 0 Å². The summed E-state index contributed by atoms with van der Waals surface area (Å²) >= 11 is 0. The van der Waals surface area contributed by atoms with E-state index in [4.69, 9.17) is 0 Å². The van der Waals surface area contributed by atoms with Gasteiger partial charge in [0.25, 0.3) is 0 Å². The van der Waals surface area contributed by atoms with Gasteiger partial charge >= 0.3 is 5.69 Å². The van der Waals surface area contributed by atoms with Crippen molar-refractivity contribution in [3.8, 4) is 0 Å². The van der Waals surface area contributed by atoms with Crippen LogP contribution in [-0.4, -0.2) is 19.1 Å². The standard InChI is InChI=1S/C9H10FNO4S/c1-3-16(14,15)7-4-6(2)9(10)8(5-7)11(12)13/h4-5H,3H2,1-2H3. The van der Waals surface area contributed by atoms with Gasteiger partial charge in [-0.3, -0.25) is 10.1 Å². The third-order valence-corrected chi connectivity index (χ3v) is 3.86. The molecule has 88 valence electrons. The Bertz CT molecular complexity index is 539. The maximum Gasteiger partial charge on any atom is 0.306 e. The molecule has 0 bridgehead atoms. The van der Waals surface area contributed by atoms with Crippen molar-refractivity contribution < 1.29 is 17.7 Å². The van der Waals surface area contributed by atoms with Gasteiger partial charge in [-0.25, -0.2) is 8.42 Å². The van der Waals surface area contributed by atoms with Crippen molar-refractivity contribution >= 4 is 15.5 Å². The van der Waals surface area contributed by atoms with Crippen LogP contribution in [0.15, 0.2) is 17.0 Å². The van der Waals surface area contributed by atoms with E-state index in [2.05, 4.69) is 0 Å².